The summed E-state index contributed by atoms with van der Waals surface area (Å²) in [5.74, 6) is 0.602. The van der Waals surface area contributed by atoms with Crippen LogP contribution in [0.1, 0.15) is 19.4 Å². The summed E-state index contributed by atoms with van der Waals surface area (Å²) in [6.45, 7) is 11.7. The van der Waals surface area contributed by atoms with Gasteiger partial charge in [0.1, 0.15) is 0 Å². The van der Waals surface area contributed by atoms with E-state index in [0.717, 1.165) is 45.3 Å². The second kappa shape index (κ2) is 12.8. The quantitative estimate of drug-likeness (QED) is 0.133. The zero-order valence-electron chi connectivity index (χ0n) is 23.5. The summed E-state index contributed by atoms with van der Waals surface area (Å²) in [6.07, 6.45) is 6.70. The Morgan fingerprint density at radius 2 is 1.60 bits per heavy atom. The average Bonchev–Trinajstić information content (AvgIpc) is 3.32. The Bertz CT molecular complexity index is 1660. The van der Waals surface area contributed by atoms with Crippen LogP contribution >= 0.6 is 0 Å². The van der Waals surface area contributed by atoms with Crippen LogP contribution in [0.15, 0.2) is 95.8 Å². The molecule has 4 heterocycles. The van der Waals surface area contributed by atoms with Gasteiger partial charge in [-0.05, 0) is 47.1 Å². The fraction of sp³-hybridized carbons (Fsp3) is 0.206. The second-order valence-corrected chi connectivity index (χ2v) is 16.2. The number of hydrogen-bond donors (Lipinski definition) is 0. The van der Waals surface area contributed by atoms with Crippen LogP contribution in [0.25, 0.3) is 44.6 Å². The van der Waals surface area contributed by atoms with E-state index in [9.17, 15) is 0 Å². The summed E-state index contributed by atoms with van der Waals surface area (Å²) in [5, 5.41) is 3.54. The summed E-state index contributed by atoms with van der Waals surface area (Å²) in [5.41, 5.74) is 6.74. The first-order valence-electron chi connectivity index (χ1n) is 13.4. The van der Waals surface area contributed by atoms with Crippen molar-refractivity contribution in [2.24, 2.45) is 5.92 Å². The molecule has 0 saturated carbocycles. The minimum absolute atomic E-state index is 0. The Balaban J connectivity index is 0.000000238. The maximum atomic E-state index is 6.08. The minimum Gasteiger partial charge on any atom is -0.486 e. The average molecular weight is 720 g/mol. The van der Waals surface area contributed by atoms with Gasteiger partial charge in [0.15, 0.2) is 0 Å². The molecule has 6 heteroatoms. The zero-order chi connectivity index (χ0) is 27.4. The van der Waals surface area contributed by atoms with Gasteiger partial charge < -0.3 is 14.4 Å². The maximum absolute atomic E-state index is 6.08. The van der Waals surface area contributed by atoms with Gasteiger partial charge in [0.05, 0.1) is 13.7 Å². The molecule has 0 unspecified atom stereocenters. The molecule has 0 aliphatic carbocycles. The smallest absolute Gasteiger partial charge is 0.216 e. The molecular weight excluding hydrogens is 687 g/mol. The zero-order valence-corrected chi connectivity index (χ0v) is 26.9. The van der Waals surface area contributed by atoms with Crippen molar-refractivity contribution in [2.45, 2.75) is 39.9 Å². The van der Waals surface area contributed by atoms with E-state index in [1.807, 2.05) is 66.7 Å². The molecule has 0 aliphatic heterocycles. The van der Waals surface area contributed by atoms with E-state index >= 15 is 0 Å². The molecule has 0 N–H and O–H groups in total. The Morgan fingerprint density at radius 1 is 0.800 bits per heavy atom. The number of fused-ring (bicyclic) bond motifs is 3. The summed E-state index contributed by atoms with van der Waals surface area (Å²) in [4.78, 5) is 13.4. The predicted molar refractivity (Wildman–Crippen MR) is 164 cm³/mol. The van der Waals surface area contributed by atoms with Crippen LogP contribution in [0.5, 0.6) is 0 Å². The van der Waals surface area contributed by atoms with Crippen LogP contribution in [0, 0.1) is 18.1 Å². The summed E-state index contributed by atoms with van der Waals surface area (Å²) in [7, 11) is -1.45. The van der Waals surface area contributed by atoms with Gasteiger partial charge in [-0.1, -0.05) is 68.2 Å². The molecule has 4 nitrogen and oxygen atoms in total. The van der Waals surface area contributed by atoms with Crippen LogP contribution in [0.2, 0.25) is 19.6 Å². The van der Waals surface area contributed by atoms with Gasteiger partial charge in [0, 0.05) is 44.1 Å². The Kier molecular flexibility index (Phi) is 9.46. The van der Waals surface area contributed by atoms with Crippen LogP contribution in [-0.4, -0.2) is 23.0 Å². The van der Waals surface area contributed by atoms with Gasteiger partial charge in [-0.3, -0.25) is 0 Å². The van der Waals surface area contributed by atoms with E-state index in [2.05, 4.69) is 67.9 Å². The summed E-state index contributed by atoms with van der Waals surface area (Å²) >= 11 is 0. The third kappa shape index (κ3) is 6.64. The maximum Gasteiger partial charge on any atom is 0.216 e. The molecule has 4 aromatic heterocycles. The van der Waals surface area contributed by atoms with E-state index in [1.165, 1.54) is 10.8 Å². The number of benzene rings is 2. The molecule has 1 radical (unpaired) electrons. The molecule has 0 spiro atoms. The van der Waals surface area contributed by atoms with Crippen LogP contribution in [0.3, 0.4) is 0 Å². The van der Waals surface area contributed by atoms with Crippen molar-refractivity contribution in [2.75, 3.05) is 0 Å². The number of nitrogens with zero attached hydrogens (tertiary/aromatic N) is 3. The monoisotopic (exact) mass is 720 g/mol. The van der Waals surface area contributed by atoms with Crippen molar-refractivity contribution in [3.8, 4) is 22.5 Å². The molecule has 0 aliphatic rings. The van der Waals surface area contributed by atoms with Crippen molar-refractivity contribution in [1.29, 1.82) is 0 Å². The predicted octanol–water partition coefficient (Wildman–Crippen LogP) is 8.13. The molecule has 6 rings (SSSR count). The fourth-order valence-electron chi connectivity index (χ4n) is 4.76. The van der Waals surface area contributed by atoms with E-state index in [0.29, 0.717) is 11.6 Å². The van der Waals surface area contributed by atoms with Crippen molar-refractivity contribution in [3.05, 3.63) is 109 Å². The standard InChI is InChI=1S/C23H25N2OSi.C11H8N.Ir/c1-15(2)12-16-13-20(25-14-21(16)27(3,4)5)19-9-6-8-17-18-10-7-11-24-23(18)26-22(17)19;1-2-6-10(7-3-1)11-8-4-5-9-12-11;/h6-8,10-11,13-15H,12H2,1-5H3;1-6,8-9H;/q2*-1;. The SMILES string of the molecule is CC(C)Cc1cc(-c2[c-]ccc3c2oc2ncccc23)ncc1[Si](C)(C)C.[Ir].[c-]1ccccc1-c1ccccn1. The normalized spacial score (nSPS) is 11.2. The van der Waals surface area contributed by atoms with Crippen LogP contribution in [0.4, 0.5) is 0 Å². The Labute approximate surface area is 251 Å². The minimum atomic E-state index is -1.45. The molecule has 40 heavy (non-hydrogen) atoms. The van der Waals surface area contributed by atoms with E-state index < -0.39 is 8.07 Å². The Morgan fingerprint density at radius 3 is 2.30 bits per heavy atom. The molecule has 0 saturated heterocycles. The summed E-state index contributed by atoms with van der Waals surface area (Å²) < 4.78 is 6.08. The van der Waals surface area contributed by atoms with Crippen molar-refractivity contribution >= 4 is 35.3 Å². The topological polar surface area (TPSA) is 51.8 Å². The molecule has 0 bridgehead atoms. The molecule has 205 valence electrons. The van der Waals surface area contributed by atoms with Crippen LogP contribution in [-0.2, 0) is 26.5 Å². The molecule has 6 aromatic rings. The van der Waals surface area contributed by atoms with Gasteiger partial charge in [0.2, 0.25) is 5.71 Å². The first-order valence-corrected chi connectivity index (χ1v) is 16.9. The number of hydrogen-bond acceptors (Lipinski definition) is 4. The van der Waals surface area contributed by atoms with E-state index in [1.54, 1.807) is 12.4 Å². The van der Waals surface area contributed by atoms with Gasteiger partial charge in [0.25, 0.3) is 0 Å². The second-order valence-electron chi connectivity index (χ2n) is 11.1. The fourth-order valence-corrected chi connectivity index (χ4v) is 6.35. The molecule has 0 fully saturated rings. The Hall–Kier alpha value is -3.44. The third-order valence-corrected chi connectivity index (χ3v) is 8.61. The van der Waals surface area contributed by atoms with Gasteiger partial charge in [-0.15, -0.1) is 54.1 Å². The number of rotatable bonds is 5. The number of aromatic nitrogens is 3. The number of furan rings is 1. The van der Waals surface area contributed by atoms with Crippen LogP contribution < -0.4 is 5.19 Å². The molecule has 0 atom stereocenters. The third-order valence-electron chi connectivity index (χ3n) is 6.54. The number of pyridine rings is 3. The molecule has 0 amide bonds. The van der Waals surface area contributed by atoms with Crippen molar-refractivity contribution in [1.82, 2.24) is 15.0 Å². The van der Waals surface area contributed by atoms with Gasteiger partial charge >= 0.3 is 0 Å². The molecule has 2 aromatic carbocycles. The first-order chi connectivity index (χ1) is 18.8. The van der Waals surface area contributed by atoms with E-state index in [-0.39, 0.29) is 20.1 Å². The van der Waals surface area contributed by atoms with Gasteiger partial charge in [-0.2, -0.15) is 0 Å². The van der Waals surface area contributed by atoms with Crippen molar-refractivity contribution in [3.63, 3.8) is 0 Å². The molecular formula is C34H33IrN3OSi-2. The van der Waals surface area contributed by atoms with E-state index in [4.69, 9.17) is 9.40 Å². The van der Waals surface area contributed by atoms with Crippen molar-refractivity contribution < 1.29 is 24.5 Å². The largest absolute Gasteiger partial charge is 0.486 e. The van der Waals surface area contributed by atoms with Gasteiger partial charge in [-0.25, -0.2) is 4.98 Å². The summed E-state index contributed by atoms with van der Waals surface area (Å²) in [6, 6.07) is 30.4. The first kappa shape index (κ1) is 29.5.